The standard InChI is InChI=1S/C24H22N6O3S2/c1-25-21-18-19(30(2)13-27-18)20-22(28-21)29-24(34-20)15-9-7-14(8-10-15)12-26-23(31)16-5-4-6-17(11-16)35(3,32)33/h4-11,13H,12H2,1-3H3,(H,25,28)(H,26,31). The molecular weight excluding hydrogens is 484 g/mol. The molecule has 0 aliphatic heterocycles. The molecular formula is C24H22N6O3S2. The van der Waals surface area contributed by atoms with Gasteiger partial charge in [-0.05, 0) is 23.8 Å². The van der Waals surface area contributed by atoms with Crippen molar-refractivity contribution in [3.05, 3.63) is 66.0 Å². The number of fused-ring (bicyclic) bond motifs is 3. The van der Waals surface area contributed by atoms with E-state index in [2.05, 4.69) is 20.6 Å². The largest absolute Gasteiger partial charge is 0.371 e. The van der Waals surface area contributed by atoms with Crippen LogP contribution in [0.1, 0.15) is 15.9 Å². The third-order valence-corrected chi connectivity index (χ3v) is 7.83. The predicted molar refractivity (Wildman–Crippen MR) is 137 cm³/mol. The molecule has 0 unspecified atom stereocenters. The molecule has 11 heteroatoms. The number of anilines is 1. The van der Waals surface area contributed by atoms with Crippen LogP contribution in [0.15, 0.2) is 59.8 Å². The number of hydrogen-bond acceptors (Lipinski definition) is 8. The highest BCUT2D eigenvalue weighted by molar-refractivity contribution is 7.90. The molecule has 5 rings (SSSR count). The molecule has 0 spiro atoms. The number of rotatable bonds is 6. The van der Waals surface area contributed by atoms with Crippen molar-refractivity contribution < 1.29 is 13.2 Å². The van der Waals surface area contributed by atoms with Gasteiger partial charge in [0, 0.05) is 38.0 Å². The number of amides is 1. The number of nitrogens with zero attached hydrogens (tertiary/aromatic N) is 4. The van der Waals surface area contributed by atoms with Crippen molar-refractivity contribution in [1.82, 2.24) is 24.8 Å². The Hall–Kier alpha value is -3.83. The number of carbonyl (C=O) groups excluding carboxylic acids is 1. The lowest BCUT2D eigenvalue weighted by atomic mass is 10.1. The highest BCUT2D eigenvalue weighted by atomic mass is 32.2. The Balaban J connectivity index is 1.35. The van der Waals surface area contributed by atoms with Crippen LogP contribution in [0.2, 0.25) is 0 Å². The van der Waals surface area contributed by atoms with Gasteiger partial charge in [-0.1, -0.05) is 30.3 Å². The molecule has 0 aliphatic carbocycles. The number of aromatic nitrogens is 4. The zero-order chi connectivity index (χ0) is 24.7. The zero-order valence-electron chi connectivity index (χ0n) is 19.2. The molecule has 0 saturated heterocycles. The van der Waals surface area contributed by atoms with Crippen LogP contribution in [0.4, 0.5) is 5.82 Å². The minimum atomic E-state index is -3.38. The lowest BCUT2D eigenvalue weighted by molar-refractivity contribution is 0.0950. The second-order valence-electron chi connectivity index (χ2n) is 8.11. The zero-order valence-corrected chi connectivity index (χ0v) is 20.9. The van der Waals surface area contributed by atoms with Crippen molar-refractivity contribution in [2.45, 2.75) is 11.4 Å². The van der Waals surface area contributed by atoms with Gasteiger partial charge in [0.25, 0.3) is 5.91 Å². The van der Waals surface area contributed by atoms with E-state index in [-0.39, 0.29) is 10.8 Å². The maximum atomic E-state index is 12.5. The molecule has 9 nitrogen and oxygen atoms in total. The Morgan fingerprint density at radius 1 is 1.11 bits per heavy atom. The third kappa shape index (κ3) is 4.35. The lowest BCUT2D eigenvalue weighted by Gasteiger charge is -2.07. The first kappa shape index (κ1) is 22.9. The summed E-state index contributed by atoms with van der Waals surface area (Å²) in [6.07, 6.45) is 2.89. The van der Waals surface area contributed by atoms with E-state index in [9.17, 15) is 13.2 Å². The molecule has 2 N–H and O–H groups in total. The van der Waals surface area contributed by atoms with Gasteiger partial charge in [0.05, 0.1) is 16.7 Å². The summed E-state index contributed by atoms with van der Waals surface area (Å²) in [5, 5.41) is 6.77. The molecule has 3 aromatic heterocycles. The normalized spacial score (nSPS) is 11.7. The number of benzene rings is 2. The third-order valence-electron chi connectivity index (χ3n) is 5.62. The molecule has 2 aromatic carbocycles. The van der Waals surface area contributed by atoms with Gasteiger partial charge in [-0.25, -0.2) is 23.4 Å². The molecule has 0 bridgehead atoms. The van der Waals surface area contributed by atoms with Crippen molar-refractivity contribution in [2.75, 3.05) is 18.6 Å². The maximum Gasteiger partial charge on any atom is 0.251 e. The van der Waals surface area contributed by atoms with Crippen LogP contribution in [-0.4, -0.2) is 47.1 Å². The van der Waals surface area contributed by atoms with E-state index in [0.717, 1.165) is 38.1 Å². The van der Waals surface area contributed by atoms with Crippen LogP contribution < -0.4 is 10.6 Å². The van der Waals surface area contributed by atoms with Gasteiger partial charge < -0.3 is 15.2 Å². The van der Waals surface area contributed by atoms with Gasteiger partial charge in [0.1, 0.15) is 15.2 Å². The van der Waals surface area contributed by atoms with E-state index in [0.29, 0.717) is 23.6 Å². The predicted octanol–water partition coefficient (Wildman–Crippen LogP) is 3.62. The van der Waals surface area contributed by atoms with Crippen molar-refractivity contribution >= 4 is 54.3 Å². The average Bonchev–Trinajstić information content (AvgIpc) is 3.45. The van der Waals surface area contributed by atoms with Crippen LogP contribution in [0, 0.1) is 0 Å². The smallest absolute Gasteiger partial charge is 0.251 e. The van der Waals surface area contributed by atoms with Gasteiger partial charge in [-0.2, -0.15) is 0 Å². The number of nitrogens with one attached hydrogen (secondary N) is 2. The monoisotopic (exact) mass is 506 g/mol. The van der Waals surface area contributed by atoms with Crippen LogP contribution in [-0.2, 0) is 23.4 Å². The number of sulfone groups is 1. The molecule has 0 atom stereocenters. The van der Waals surface area contributed by atoms with Crippen molar-refractivity contribution in [3.63, 3.8) is 0 Å². The van der Waals surface area contributed by atoms with Crippen LogP contribution in [0.3, 0.4) is 0 Å². The second kappa shape index (κ2) is 8.75. The fraction of sp³-hybridized carbons (Fsp3) is 0.167. The number of carbonyl (C=O) groups is 1. The first-order chi connectivity index (χ1) is 16.7. The van der Waals surface area contributed by atoms with Gasteiger partial charge in [0.2, 0.25) is 0 Å². The number of aryl methyl sites for hydroxylation is 1. The average molecular weight is 507 g/mol. The minimum absolute atomic E-state index is 0.116. The topological polar surface area (TPSA) is 119 Å². The van der Waals surface area contributed by atoms with Crippen LogP contribution in [0.5, 0.6) is 0 Å². The summed E-state index contributed by atoms with van der Waals surface area (Å²) in [5.74, 6) is 0.357. The molecule has 1 amide bonds. The van der Waals surface area contributed by atoms with E-state index in [1.54, 1.807) is 29.8 Å². The van der Waals surface area contributed by atoms with Gasteiger partial charge >= 0.3 is 0 Å². The maximum absolute atomic E-state index is 12.5. The quantitative estimate of drug-likeness (QED) is 0.361. The number of thiazole rings is 1. The fourth-order valence-corrected chi connectivity index (χ4v) is 5.55. The SMILES string of the molecule is CNc1nc2nc(-c3ccc(CNC(=O)c4cccc(S(C)(=O)=O)c4)cc3)sc2c2c1ncn2C. The summed E-state index contributed by atoms with van der Waals surface area (Å²) >= 11 is 1.56. The van der Waals surface area contributed by atoms with Gasteiger partial charge in [-0.15, -0.1) is 11.3 Å². The van der Waals surface area contributed by atoms with Crippen molar-refractivity contribution in [3.8, 4) is 10.6 Å². The Kier molecular flexibility index (Phi) is 5.73. The van der Waals surface area contributed by atoms with E-state index >= 15 is 0 Å². The van der Waals surface area contributed by atoms with E-state index in [1.807, 2.05) is 42.9 Å². The summed E-state index contributed by atoms with van der Waals surface area (Å²) in [5.41, 5.74) is 4.62. The molecule has 35 heavy (non-hydrogen) atoms. The van der Waals surface area contributed by atoms with Gasteiger partial charge in [0.15, 0.2) is 21.3 Å². The second-order valence-corrected chi connectivity index (χ2v) is 11.1. The number of pyridine rings is 1. The Bertz CT molecular complexity index is 1690. The molecule has 0 aliphatic rings. The molecule has 0 fully saturated rings. The van der Waals surface area contributed by atoms with Crippen molar-refractivity contribution in [2.24, 2.45) is 7.05 Å². The molecule has 3 heterocycles. The first-order valence-electron chi connectivity index (χ1n) is 10.7. The Morgan fingerprint density at radius 2 is 1.89 bits per heavy atom. The number of imidazole rings is 1. The van der Waals surface area contributed by atoms with Crippen LogP contribution in [0.25, 0.3) is 32.0 Å². The summed E-state index contributed by atoms with van der Waals surface area (Å²) < 4.78 is 26.4. The number of hydrogen-bond donors (Lipinski definition) is 2. The van der Waals surface area contributed by atoms with E-state index in [4.69, 9.17) is 4.98 Å². The first-order valence-corrected chi connectivity index (χ1v) is 13.4. The Labute approximate surface area is 205 Å². The van der Waals surface area contributed by atoms with Crippen LogP contribution >= 0.6 is 11.3 Å². The van der Waals surface area contributed by atoms with Gasteiger partial charge in [-0.3, -0.25) is 4.79 Å². The summed E-state index contributed by atoms with van der Waals surface area (Å²) in [4.78, 5) is 26.5. The highest BCUT2D eigenvalue weighted by Crippen LogP contribution is 2.36. The summed E-state index contributed by atoms with van der Waals surface area (Å²) in [6, 6.07) is 13.8. The summed E-state index contributed by atoms with van der Waals surface area (Å²) in [6.45, 7) is 0.310. The van der Waals surface area contributed by atoms with Crippen molar-refractivity contribution in [1.29, 1.82) is 0 Å². The molecule has 5 aromatic rings. The molecule has 0 saturated carbocycles. The molecule has 178 valence electrons. The minimum Gasteiger partial charge on any atom is -0.371 e. The van der Waals surface area contributed by atoms with E-state index in [1.165, 1.54) is 12.1 Å². The lowest BCUT2D eigenvalue weighted by Crippen LogP contribution is -2.23. The highest BCUT2D eigenvalue weighted by Gasteiger charge is 2.17. The molecule has 0 radical (unpaired) electrons. The Morgan fingerprint density at radius 3 is 2.60 bits per heavy atom. The summed E-state index contributed by atoms with van der Waals surface area (Å²) in [7, 11) is 0.387. The van der Waals surface area contributed by atoms with E-state index < -0.39 is 9.84 Å². The fourth-order valence-electron chi connectivity index (χ4n) is 3.79.